The van der Waals surface area contributed by atoms with Gasteiger partial charge in [-0.15, -0.1) is 0 Å². The molecule has 0 amide bonds. The average molecular weight is 296 g/mol. The third-order valence-corrected chi connectivity index (χ3v) is 4.58. The van der Waals surface area contributed by atoms with Gasteiger partial charge in [0.25, 0.3) is 0 Å². The molecule has 0 aliphatic carbocycles. The van der Waals surface area contributed by atoms with E-state index >= 15 is 0 Å². The van der Waals surface area contributed by atoms with Crippen LogP contribution in [-0.4, -0.2) is 55.2 Å². The molecule has 2 rings (SSSR count). The van der Waals surface area contributed by atoms with E-state index in [1.54, 1.807) is 0 Å². The number of aromatic hydroxyl groups is 1. The van der Waals surface area contributed by atoms with E-state index in [1.807, 2.05) is 14.0 Å². The van der Waals surface area contributed by atoms with Crippen molar-refractivity contribution >= 4 is 0 Å². The Morgan fingerprint density at radius 2 is 2.24 bits per heavy atom. The molecule has 0 spiro atoms. The fourth-order valence-corrected chi connectivity index (χ4v) is 3.09. The van der Waals surface area contributed by atoms with Gasteiger partial charge in [0.1, 0.15) is 5.75 Å². The second kappa shape index (κ2) is 6.62. The van der Waals surface area contributed by atoms with E-state index in [9.17, 15) is 9.50 Å². The molecule has 1 aliphatic heterocycles. The van der Waals surface area contributed by atoms with E-state index in [0.29, 0.717) is 11.6 Å². The molecule has 1 fully saturated rings. The molecule has 1 heterocycles. The van der Waals surface area contributed by atoms with Crippen LogP contribution in [-0.2, 0) is 0 Å². The lowest BCUT2D eigenvalue weighted by molar-refractivity contribution is 0.180. The number of likely N-dealkylation sites (tertiary alicyclic amines) is 1. The first-order valence-electron chi connectivity index (χ1n) is 7.41. The maximum Gasteiger partial charge on any atom is 0.165 e. The van der Waals surface area contributed by atoms with Crippen molar-refractivity contribution in [1.29, 1.82) is 0 Å². The summed E-state index contributed by atoms with van der Waals surface area (Å²) in [6, 6.07) is 3.01. The number of nitrogens with zero attached hydrogens (tertiary/aromatic N) is 2. The molecule has 2 unspecified atom stereocenters. The number of halogens is 1. The highest BCUT2D eigenvalue weighted by molar-refractivity contribution is 5.46. The average Bonchev–Trinajstić information content (AvgIpc) is 2.85. The van der Waals surface area contributed by atoms with Crippen molar-refractivity contribution in [3.8, 4) is 11.5 Å². The second-order valence-corrected chi connectivity index (χ2v) is 5.91. The van der Waals surface area contributed by atoms with Crippen LogP contribution >= 0.6 is 0 Å². The number of rotatable bonds is 5. The molecular weight excluding hydrogens is 271 g/mol. The Balaban J connectivity index is 2.19. The molecule has 1 aromatic rings. The van der Waals surface area contributed by atoms with Gasteiger partial charge in [-0.25, -0.2) is 4.39 Å². The number of likely N-dealkylation sites (N-methyl/N-ethyl adjacent to an activating group) is 2. The van der Waals surface area contributed by atoms with E-state index in [4.69, 9.17) is 4.74 Å². The van der Waals surface area contributed by atoms with E-state index in [0.717, 1.165) is 13.1 Å². The lowest BCUT2D eigenvalue weighted by Crippen LogP contribution is -2.37. The van der Waals surface area contributed by atoms with Crippen LogP contribution in [0.15, 0.2) is 12.1 Å². The standard InChI is InChI=1S/C16H25FN2O2/c1-11(19(3)10-12-6-5-9-18(12)2)15-14(20)8-7-13(17)16(15)21-4/h7-8,11-12,20H,5-6,9-10H2,1-4H3. The number of benzene rings is 1. The van der Waals surface area contributed by atoms with E-state index < -0.39 is 5.82 Å². The molecule has 1 N–H and O–H groups in total. The summed E-state index contributed by atoms with van der Waals surface area (Å²) in [7, 11) is 5.57. The second-order valence-electron chi connectivity index (χ2n) is 5.91. The van der Waals surface area contributed by atoms with Gasteiger partial charge in [0, 0.05) is 18.6 Å². The fourth-order valence-electron chi connectivity index (χ4n) is 3.09. The predicted octanol–water partition coefficient (Wildman–Crippen LogP) is 2.63. The summed E-state index contributed by atoms with van der Waals surface area (Å²) in [6.07, 6.45) is 2.40. The summed E-state index contributed by atoms with van der Waals surface area (Å²) in [5, 5.41) is 10.1. The van der Waals surface area contributed by atoms with Gasteiger partial charge < -0.3 is 14.7 Å². The van der Waals surface area contributed by atoms with Crippen molar-refractivity contribution in [2.24, 2.45) is 0 Å². The molecular formula is C16H25FN2O2. The molecule has 1 aromatic carbocycles. The summed E-state index contributed by atoms with van der Waals surface area (Å²) in [5.41, 5.74) is 0.514. The number of hydrogen-bond donors (Lipinski definition) is 1. The first kappa shape index (κ1) is 16.0. The quantitative estimate of drug-likeness (QED) is 0.906. The van der Waals surface area contributed by atoms with Crippen LogP contribution in [0.3, 0.4) is 0 Å². The van der Waals surface area contributed by atoms with Gasteiger partial charge in [-0.2, -0.15) is 0 Å². The first-order chi connectivity index (χ1) is 9.95. The summed E-state index contributed by atoms with van der Waals surface area (Å²) < 4.78 is 19.0. The van der Waals surface area contributed by atoms with Crippen LogP contribution in [0.1, 0.15) is 31.4 Å². The highest BCUT2D eigenvalue weighted by Crippen LogP contribution is 2.38. The van der Waals surface area contributed by atoms with E-state index in [-0.39, 0.29) is 17.5 Å². The smallest absolute Gasteiger partial charge is 0.165 e. The minimum absolute atomic E-state index is 0.0763. The zero-order valence-corrected chi connectivity index (χ0v) is 13.3. The highest BCUT2D eigenvalue weighted by atomic mass is 19.1. The molecule has 1 saturated heterocycles. The molecule has 0 aromatic heterocycles. The number of phenolic OH excluding ortho intramolecular Hbond substituents is 1. The largest absolute Gasteiger partial charge is 0.507 e. The number of methoxy groups -OCH3 is 1. The first-order valence-corrected chi connectivity index (χ1v) is 7.41. The Morgan fingerprint density at radius 3 is 2.81 bits per heavy atom. The molecule has 4 nitrogen and oxygen atoms in total. The highest BCUT2D eigenvalue weighted by Gasteiger charge is 2.27. The van der Waals surface area contributed by atoms with Crippen molar-refractivity contribution in [3.63, 3.8) is 0 Å². The number of ether oxygens (including phenoxy) is 1. The van der Waals surface area contributed by atoms with Gasteiger partial charge in [-0.05, 0) is 52.5 Å². The van der Waals surface area contributed by atoms with Crippen LogP contribution in [0.4, 0.5) is 4.39 Å². The van der Waals surface area contributed by atoms with Gasteiger partial charge in [0.05, 0.1) is 12.7 Å². The van der Waals surface area contributed by atoms with Crippen LogP contribution in [0.5, 0.6) is 11.5 Å². The maximum absolute atomic E-state index is 13.9. The Labute approximate surface area is 126 Å². The fraction of sp³-hybridized carbons (Fsp3) is 0.625. The Bertz CT molecular complexity index is 495. The molecule has 1 aliphatic rings. The van der Waals surface area contributed by atoms with Crippen LogP contribution < -0.4 is 4.74 Å². The maximum atomic E-state index is 13.9. The zero-order valence-electron chi connectivity index (χ0n) is 13.3. The minimum atomic E-state index is -0.441. The van der Waals surface area contributed by atoms with Crippen molar-refractivity contribution < 1.29 is 14.2 Å². The van der Waals surface area contributed by atoms with Crippen molar-refractivity contribution in [3.05, 3.63) is 23.5 Å². The lowest BCUT2D eigenvalue weighted by Gasteiger charge is -2.31. The van der Waals surface area contributed by atoms with E-state index in [2.05, 4.69) is 16.8 Å². The molecule has 0 radical (unpaired) electrons. The SMILES string of the molecule is COc1c(F)ccc(O)c1C(C)N(C)CC1CCCN1C. The Kier molecular flexibility index (Phi) is 5.06. The monoisotopic (exact) mass is 296 g/mol. The van der Waals surface area contributed by atoms with Crippen molar-refractivity contribution in [1.82, 2.24) is 9.80 Å². The topological polar surface area (TPSA) is 35.9 Å². The van der Waals surface area contributed by atoms with Crippen LogP contribution in [0.2, 0.25) is 0 Å². The van der Waals surface area contributed by atoms with Gasteiger partial charge in [-0.1, -0.05) is 0 Å². The molecule has 2 atom stereocenters. The zero-order chi connectivity index (χ0) is 15.6. The van der Waals surface area contributed by atoms with E-state index in [1.165, 1.54) is 32.1 Å². The molecule has 118 valence electrons. The third kappa shape index (κ3) is 3.30. The summed E-state index contributed by atoms with van der Waals surface area (Å²) >= 11 is 0. The predicted molar refractivity (Wildman–Crippen MR) is 81.3 cm³/mol. The summed E-state index contributed by atoms with van der Waals surface area (Å²) in [6.45, 7) is 3.98. The van der Waals surface area contributed by atoms with Crippen molar-refractivity contribution in [2.75, 3.05) is 34.3 Å². The van der Waals surface area contributed by atoms with Gasteiger partial charge >= 0.3 is 0 Å². The number of phenols is 1. The molecule has 5 heteroatoms. The van der Waals surface area contributed by atoms with Crippen molar-refractivity contribution in [2.45, 2.75) is 31.8 Å². The minimum Gasteiger partial charge on any atom is -0.507 e. The third-order valence-electron chi connectivity index (χ3n) is 4.58. The van der Waals surface area contributed by atoms with Gasteiger partial charge in [0.15, 0.2) is 11.6 Å². The van der Waals surface area contributed by atoms with Crippen LogP contribution in [0, 0.1) is 5.82 Å². The normalized spacial score (nSPS) is 21.0. The molecule has 21 heavy (non-hydrogen) atoms. The Morgan fingerprint density at radius 1 is 1.52 bits per heavy atom. The Hall–Kier alpha value is -1.33. The summed E-state index contributed by atoms with van der Waals surface area (Å²) in [5.74, 6) is -0.231. The summed E-state index contributed by atoms with van der Waals surface area (Å²) in [4.78, 5) is 4.50. The molecule has 0 saturated carbocycles. The lowest BCUT2D eigenvalue weighted by atomic mass is 10.0. The van der Waals surface area contributed by atoms with Gasteiger partial charge in [0.2, 0.25) is 0 Å². The molecule has 0 bridgehead atoms. The van der Waals surface area contributed by atoms with Gasteiger partial charge in [-0.3, -0.25) is 4.90 Å². The van der Waals surface area contributed by atoms with Crippen LogP contribution in [0.25, 0.3) is 0 Å². The number of hydrogen-bond acceptors (Lipinski definition) is 4.